The smallest absolute Gasteiger partial charge is 0.372 e. The number of hydrogen-bond acceptors (Lipinski definition) is 8. The molecule has 1 aromatic rings. The Morgan fingerprint density at radius 1 is 1.21 bits per heavy atom. The van der Waals surface area contributed by atoms with Crippen LogP contribution in [0.4, 0.5) is 5.69 Å². The highest BCUT2D eigenvalue weighted by Crippen LogP contribution is 2.64. The van der Waals surface area contributed by atoms with E-state index in [0.717, 1.165) is 6.21 Å². The molecule has 1 unspecified atom stereocenters. The first kappa shape index (κ1) is 20.2. The van der Waals surface area contributed by atoms with E-state index >= 15 is 0 Å². The van der Waals surface area contributed by atoms with Crippen molar-refractivity contribution in [3.05, 3.63) is 39.9 Å². The summed E-state index contributed by atoms with van der Waals surface area (Å²) in [5.41, 5.74) is 0.103. The van der Waals surface area contributed by atoms with Crippen molar-refractivity contribution < 1.29 is 28.5 Å². The molecule has 0 radical (unpaired) electrons. The van der Waals surface area contributed by atoms with Gasteiger partial charge in [-0.2, -0.15) is 0 Å². The third-order valence-corrected chi connectivity index (χ3v) is 5.61. The number of non-ortho nitro benzene ring substituents is 1. The molecule has 9 nitrogen and oxygen atoms in total. The first-order valence-corrected chi connectivity index (χ1v) is 8.91. The van der Waals surface area contributed by atoms with Crippen molar-refractivity contribution >= 4 is 19.5 Å². The van der Waals surface area contributed by atoms with Crippen LogP contribution >= 0.6 is 7.60 Å². The Morgan fingerprint density at radius 2 is 1.75 bits per heavy atom. The van der Waals surface area contributed by atoms with E-state index in [0.29, 0.717) is 0 Å². The van der Waals surface area contributed by atoms with Crippen LogP contribution in [0, 0.1) is 10.1 Å². The van der Waals surface area contributed by atoms with E-state index in [1.807, 2.05) is 0 Å². The molecule has 134 valence electrons. The van der Waals surface area contributed by atoms with E-state index in [4.69, 9.17) is 19.0 Å². The van der Waals surface area contributed by atoms with Crippen LogP contribution in [0.15, 0.2) is 29.4 Å². The largest absolute Gasteiger partial charge is 0.411 e. The average molecular weight is 360 g/mol. The van der Waals surface area contributed by atoms with Crippen LogP contribution in [0.25, 0.3) is 0 Å². The van der Waals surface area contributed by atoms with Gasteiger partial charge in [-0.3, -0.25) is 14.7 Å². The maximum atomic E-state index is 13.3. The van der Waals surface area contributed by atoms with Crippen LogP contribution in [0.5, 0.6) is 0 Å². The minimum Gasteiger partial charge on any atom is -0.411 e. The summed E-state index contributed by atoms with van der Waals surface area (Å²) in [6.07, 6.45) is 0.920. The molecule has 1 N–H and O–H groups in total. The molecule has 0 spiro atoms. The Morgan fingerprint density at radius 3 is 2.12 bits per heavy atom. The Balaban J connectivity index is 3.57. The summed E-state index contributed by atoms with van der Waals surface area (Å²) in [5.74, 6) is 0. The van der Waals surface area contributed by atoms with Gasteiger partial charge < -0.3 is 19.0 Å². The van der Waals surface area contributed by atoms with Crippen molar-refractivity contribution in [2.24, 2.45) is 5.16 Å². The Labute approximate surface area is 139 Å². The van der Waals surface area contributed by atoms with Gasteiger partial charge in [0.2, 0.25) is 5.34 Å². The van der Waals surface area contributed by atoms with Crippen molar-refractivity contribution in [2.45, 2.75) is 26.1 Å². The zero-order valence-electron chi connectivity index (χ0n) is 13.7. The molecule has 0 amide bonds. The monoisotopic (exact) mass is 360 g/mol. The second-order valence-corrected chi connectivity index (χ2v) is 6.69. The fourth-order valence-electron chi connectivity index (χ4n) is 2.19. The van der Waals surface area contributed by atoms with Crippen molar-refractivity contribution in [3.63, 3.8) is 0 Å². The molecule has 1 rings (SSSR count). The van der Waals surface area contributed by atoms with Gasteiger partial charge in [0.15, 0.2) is 0 Å². The summed E-state index contributed by atoms with van der Waals surface area (Å²) in [7, 11) is -3.96. The van der Waals surface area contributed by atoms with Gasteiger partial charge in [0.1, 0.15) is 0 Å². The molecule has 0 aliphatic carbocycles. The van der Waals surface area contributed by atoms with E-state index in [-0.39, 0.29) is 31.1 Å². The van der Waals surface area contributed by atoms with Gasteiger partial charge in [-0.15, -0.1) is 0 Å². The van der Waals surface area contributed by atoms with Crippen LogP contribution in [-0.2, 0) is 23.7 Å². The van der Waals surface area contributed by atoms with E-state index in [9.17, 15) is 14.7 Å². The molecule has 0 aliphatic rings. The summed E-state index contributed by atoms with van der Waals surface area (Å²) in [5, 5.41) is 21.1. The predicted octanol–water partition coefficient (Wildman–Crippen LogP) is 3.51. The van der Waals surface area contributed by atoms with Gasteiger partial charge >= 0.3 is 7.60 Å². The highest BCUT2D eigenvalue weighted by Gasteiger charge is 2.53. The van der Waals surface area contributed by atoms with E-state index < -0.39 is 17.9 Å². The van der Waals surface area contributed by atoms with E-state index in [2.05, 4.69) is 5.16 Å². The number of nitrogens with zero attached hydrogens (tertiary/aromatic N) is 2. The second kappa shape index (κ2) is 8.89. The second-order valence-electron chi connectivity index (χ2n) is 4.51. The average Bonchev–Trinajstić information content (AvgIpc) is 2.55. The molecule has 0 saturated heterocycles. The van der Waals surface area contributed by atoms with Gasteiger partial charge in [-0.05, 0) is 32.9 Å². The van der Waals surface area contributed by atoms with Crippen LogP contribution in [-0.4, -0.2) is 36.2 Å². The molecular weight excluding hydrogens is 339 g/mol. The number of rotatable bonds is 10. The van der Waals surface area contributed by atoms with Gasteiger partial charge in [0.05, 0.1) is 24.4 Å². The van der Waals surface area contributed by atoms with Gasteiger partial charge in [-0.1, -0.05) is 5.16 Å². The maximum Gasteiger partial charge on any atom is 0.372 e. The number of nitro groups is 1. The zero-order chi connectivity index (χ0) is 18.2. The molecule has 10 heteroatoms. The first-order chi connectivity index (χ1) is 11.4. The Kier molecular flexibility index (Phi) is 7.50. The normalized spacial score (nSPS) is 14.6. The minimum atomic E-state index is -3.96. The third kappa shape index (κ3) is 3.99. The van der Waals surface area contributed by atoms with Gasteiger partial charge in [0, 0.05) is 24.3 Å². The Bertz CT molecular complexity index is 610. The summed E-state index contributed by atoms with van der Waals surface area (Å²) < 4.78 is 29.7. The summed E-state index contributed by atoms with van der Waals surface area (Å²) in [6.45, 7) is 5.17. The van der Waals surface area contributed by atoms with Gasteiger partial charge in [-0.25, -0.2) is 0 Å². The number of benzene rings is 1. The number of nitro benzene ring substituents is 1. The van der Waals surface area contributed by atoms with Crippen molar-refractivity contribution in [3.8, 4) is 0 Å². The van der Waals surface area contributed by atoms with Crippen molar-refractivity contribution in [1.82, 2.24) is 0 Å². The zero-order valence-corrected chi connectivity index (χ0v) is 14.6. The van der Waals surface area contributed by atoms with E-state index in [1.54, 1.807) is 20.8 Å². The SMILES string of the molecule is CCOC(/C=N/O)(c1ccc([N+](=O)[O-])cc1)P(=O)(OCC)OCC. The number of hydrogen-bond donors (Lipinski definition) is 1. The van der Waals surface area contributed by atoms with Crippen LogP contribution in [0.3, 0.4) is 0 Å². The van der Waals surface area contributed by atoms with E-state index in [1.165, 1.54) is 24.3 Å². The standard InChI is InChI=1S/C14H21N2O7P/c1-4-21-14(11-15-17,24(20,22-5-2)23-6-3)12-7-9-13(10-8-12)16(18)19/h7-11,17H,4-6H2,1-3H3/b15-11+. The Hall–Kier alpha value is -1.80. The molecule has 0 fully saturated rings. The highest BCUT2D eigenvalue weighted by atomic mass is 31.2. The number of oxime groups is 1. The molecule has 0 aromatic heterocycles. The number of ether oxygens (including phenoxy) is 1. The molecule has 24 heavy (non-hydrogen) atoms. The summed E-state index contributed by atoms with van der Waals surface area (Å²) in [4.78, 5) is 10.3. The van der Waals surface area contributed by atoms with Crippen molar-refractivity contribution in [1.29, 1.82) is 0 Å². The molecule has 0 saturated carbocycles. The molecular formula is C14H21N2O7P. The third-order valence-electron chi connectivity index (χ3n) is 3.09. The summed E-state index contributed by atoms with van der Waals surface area (Å²) >= 11 is 0. The molecule has 1 aromatic carbocycles. The van der Waals surface area contributed by atoms with Gasteiger partial charge in [0.25, 0.3) is 5.69 Å². The topological polar surface area (TPSA) is 120 Å². The lowest BCUT2D eigenvalue weighted by molar-refractivity contribution is -0.384. The quantitative estimate of drug-likeness (QED) is 0.223. The lowest BCUT2D eigenvalue weighted by Gasteiger charge is -2.35. The minimum absolute atomic E-state index is 0.0678. The lowest BCUT2D eigenvalue weighted by Crippen LogP contribution is -2.34. The summed E-state index contributed by atoms with van der Waals surface area (Å²) in [6, 6.07) is 5.19. The predicted molar refractivity (Wildman–Crippen MR) is 87.5 cm³/mol. The first-order valence-electron chi connectivity index (χ1n) is 7.37. The van der Waals surface area contributed by atoms with Crippen molar-refractivity contribution in [2.75, 3.05) is 19.8 Å². The molecule has 0 heterocycles. The fraction of sp³-hybridized carbons (Fsp3) is 0.500. The lowest BCUT2D eigenvalue weighted by atomic mass is 10.1. The molecule has 1 atom stereocenters. The van der Waals surface area contributed by atoms with Crippen LogP contribution in [0.1, 0.15) is 26.3 Å². The van der Waals surface area contributed by atoms with Crippen LogP contribution in [0.2, 0.25) is 0 Å². The van der Waals surface area contributed by atoms with Crippen LogP contribution < -0.4 is 0 Å². The highest BCUT2D eigenvalue weighted by molar-refractivity contribution is 7.56. The fourth-order valence-corrected chi connectivity index (χ4v) is 4.28. The molecule has 0 aliphatic heterocycles. The molecule has 0 bridgehead atoms. The maximum absolute atomic E-state index is 13.3.